The van der Waals surface area contributed by atoms with Crippen molar-refractivity contribution in [2.45, 2.75) is 32.6 Å². The SMILES string of the molecule is CCOC(=O)CC1CCc2ccc(NC(=O)c3ccc(C#N)cc3)cc2C1. The number of nitrogens with zero attached hydrogens (tertiary/aromatic N) is 1. The van der Waals surface area contributed by atoms with Crippen LogP contribution in [0.1, 0.15) is 46.8 Å². The zero-order chi connectivity index (χ0) is 19.2. The van der Waals surface area contributed by atoms with Crippen LogP contribution in [0.4, 0.5) is 5.69 Å². The van der Waals surface area contributed by atoms with E-state index in [0.29, 0.717) is 24.2 Å². The van der Waals surface area contributed by atoms with Gasteiger partial charge in [0, 0.05) is 17.7 Å². The fourth-order valence-electron chi connectivity index (χ4n) is 3.44. The van der Waals surface area contributed by atoms with E-state index >= 15 is 0 Å². The zero-order valence-electron chi connectivity index (χ0n) is 15.3. The number of anilines is 1. The maximum absolute atomic E-state index is 12.4. The highest BCUT2D eigenvalue weighted by Crippen LogP contribution is 2.30. The predicted octanol–water partition coefficient (Wildman–Crippen LogP) is 3.87. The number of nitrogens with one attached hydrogen (secondary N) is 1. The molecule has 2 aromatic carbocycles. The first-order valence-corrected chi connectivity index (χ1v) is 9.18. The van der Waals surface area contributed by atoms with Gasteiger partial charge in [-0.15, -0.1) is 0 Å². The van der Waals surface area contributed by atoms with E-state index in [2.05, 4.69) is 5.32 Å². The molecule has 1 unspecified atom stereocenters. The molecule has 1 aliphatic carbocycles. The normalized spacial score (nSPS) is 15.3. The maximum Gasteiger partial charge on any atom is 0.306 e. The molecule has 0 aromatic heterocycles. The van der Waals surface area contributed by atoms with Crippen LogP contribution in [-0.2, 0) is 22.4 Å². The molecule has 0 radical (unpaired) electrons. The van der Waals surface area contributed by atoms with Gasteiger partial charge in [0.05, 0.1) is 18.2 Å². The minimum absolute atomic E-state index is 0.142. The molecule has 0 heterocycles. The highest BCUT2D eigenvalue weighted by Gasteiger charge is 2.22. The third-order valence-corrected chi connectivity index (χ3v) is 4.83. The van der Waals surface area contributed by atoms with Crippen LogP contribution in [-0.4, -0.2) is 18.5 Å². The maximum atomic E-state index is 12.4. The van der Waals surface area contributed by atoms with Crippen LogP contribution in [0.2, 0.25) is 0 Å². The number of fused-ring (bicyclic) bond motifs is 1. The Morgan fingerprint density at radius 2 is 1.96 bits per heavy atom. The van der Waals surface area contributed by atoms with Gasteiger partial charge in [-0.1, -0.05) is 6.07 Å². The van der Waals surface area contributed by atoms with Gasteiger partial charge >= 0.3 is 5.97 Å². The molecule has 3 rings (SSSR count). The van der Waals surface area contributed by atoms with Crippen molar-refractivity contribution in [3.63, 3.8) is 0 Å². The molecule has 1 amide bonds. The summed E-state index contributed by atoms with van der Waals surface area (Å²) in [6.07, 6.45) is 3.16. The van der Waals surface area contributed by atoms with Crippen molar-refractivity contribution in [2.75, 3.05) is 11.9 Å². The number of carbonyl (C=O) groups is 2. The molecule has 0 saturated heterocycles. The van der Waals surface area contributed by atoms with Gasteiger partial charge in [-0.2, -0.15) is 5.26 Å². The molecule has 27 heavy (non-hydrogen) atoms. The molecular formula is C22H22N2O3. The van der Waals surface area contributed by atoms with Crippen molar-refractivity contribution in [1.29, 1.82) is 5.26 Å². The van der Waals surface area contributed by atoms with Gasteiger partial charge in [-0.25, -0.2) is 0 Å². The number of ether oxygens (including phenoxy) is 1. The Morgan fingerprint density at radius 1 is 1.19 bits per heavy atom. The van der Waals surface area contributed by atoms with Crippen molar-refractivity contribution in [2.24, 2.45) is 5.92 Å². The summed E-state index contributed by atoms with van der Waals surface area (Å²) in [5, 5.41) is 11.7. The van der Waals surface area contributed by atoms with Crippen LogP contribution in [0.15, 0.2) is 42.5 Å². The van der Waals surface area contributed by atoms with Crippen molar-refractivity contribution >= 4 is 17.6 Å². The summed E-state index contributed by atoms with van der Waals surface area (Å²) in [5.41, 5.74) is 4.21. The summed E-state index contributed by atoms with van der Waals surface area (Å²) >= 11 is 0. The van der Waals surface area contributed by atoms with E-state index in [1.54, 1.807) is 24.3 Å². The third-order valence-electron chi connectivity index (χ3n) is 4.83. The number of carbonyl (C=O) groups excluding carboxylic acids is 2. The molecule has 5 nitrogen and oxygen atoms in total. The summed E-state index contributed by atoms with van der Waals surface area (Å²) in [5.74, 6) is -0.0735. The largest absolute Gasteiger partial charge is 0.466 e. The second-order valence-electron chi connectivity index (χ2n) is 6.74. The van der Waals surface area contributed by atoms with Crippen molar-refractivity contribution < 1.29 is 14.3 Å². The first kappa shape index (κ1) is 18.7. The number of esters is 1. The topological polar surface area (TPSA) is 79.2 Å². The van der Waals surface area contributed by atoms with E-state index in [0.717, 1.165) is 24.9 Å². The third kappa shape index (κ3) is 4.73. The minimum Gasteiger partial charge on any atom is -0.466 e. The molecule has 0 spiro atoms. The lowest BCUT2D eigenvalue weighted by atomic mass is 9.82. The van der Waals surface area contributed by atoms with E-state index in [9.17, 15) is 9.59 Å². The van der Waals surface area contributed by atoms with Crippen molar-refractivity contribution in [1.82, 2.24) is 0 Å². The smallest absolute Gasteiger partial charge is 0.306 e. The second kappa shape index (κ2) is 8.50. The Labute approximate surface area is 159 Å². The van der Waals surface area contributed by atoms with Gasteiger partial charge in [0.2, 0.25) is 0 Å². The van der Waals surface area contributed by atoms with Crippen LogP contribution in [0.25, 0.3) is 0 Å². The first-order valence-electron chi connectivity index (χ1n) is 9.18. The van der Waals surface area contributed by atoms with Crippen LogP contribution in [0, 0.1) is 17.2 Å². The molecular weight excluding hydrogens is 340 g/mol. The summed E-state index contributed by atoms with van der Waals surface area (Å²) in [7, 11) is 0. The number of rotatable bonds is 5. The number of hydrogen-bond acceptors (Lipinski definition) is 4. The first-order chi connectivity index (χ1) is 13.1. The molecule has 0 saturated carbocycles. The van der Waals surface area contributed by atoms with E-state index in [-0.39, 0.29) is 17.8 Å². The molecule has 138 valence electrons. The van der Waals surface area contributed by atoms with Crippen LogP contribution in [0.3, 0.4) is 0 Å². The number of hydrogen-bond donors (Lipinski definition) is 1. The molecule has 1 aliphatic rings. The Kier molecular flexibility index (Phi) is 5.87. The molecule has 2 aromatic rings. The van der Waals surface area contributed by atoms with Gasteiger partial charge in [0.1, 0.15) is 0 Å². The van der Waals surface area contributed by atoms with Crippen LogP contribution < -0.4 is 5.32 Å². The Hall–Kier alpha value is -3.13. The van der Waals surface area contributed by atoms with E-state index in [4.69, 9.17) is 10.00 Å². The fraction of sp³-hybridized carbons (Fsp3) is 0.318. The average Bonchev–Trinajstić information content (AvgIpc) is 2.68. The number of nitriles is 1. The zero-order valence-corrected chi connectivity index (χ0v) is 15.3. The van der Waals surface area contributed by atoms with E-state index in [1.807, 2.05) is 31.2 Å². The van der Waals surface area contributed by atoms with Gasteiger partial charge in [-0.05, 0) is 79.6 Å². The van der Waals surface area contributed by atoms with E-state index < -0.39 is 0 Å². The molecule has 1 N–H and O–H groups in total. The predicted molar refractivity (Wildman–Crippen MR) is 102 cm³/mol. The van der Waals surface area contributed by atoms with Gasteiger partial charge in [0.15, 0.2) is 0 Å². The van der Waals surface area contributed by atoms with E-state index in [1.165, 1.54) is 11.1 Å². The van der Waals surface area contributed by atoms with Gasteiger partial charge in [-0.3, -0.25) is 9.59 Å². The van der Waals surface area contributed by atoms with Crippen molar-refractivity contribution in [3.05, 3.63) is 64.7 Å². The molecule has 0 fully saturated rings. The summed E-state index contributed by atoms with van der Waals surface area (Å²) in [6, 6.07) is 14.5. The highest BCUT2D eigenvalue weighted by atomic mass is 16.5. The lowest BCUT2D eigenvalue weighted by molar-refractivity contribution is -0.144. The monoisotopic (exact) mass is 362 g/mol. The lowest BCUT2D eigenvalue weighted by Gasteiger charge is -2.24. The highest BCUT2D eigenvalue weighted by molar-refractivity contribution is 6.04. The molecule has 0 aliphatic heterocycles. The number of amides is 1. The molecule has 1 atom stereocenters. The van der Waals surface area contributed by atoms with Crippen LogP contribution in [0.5, 0.6) is 0 Å². The number of benzene rings is 2. The van der Waals surface area contributed by atoms with Crippen LogP contribution >= 0.6 is 0 Å². The number of aryl methyl sites for hydroxylation is 1. The van der Waals surface area contributed by atoms with Gasteiger partial charge in [0.25, 0.3) is 5.91 Å². The standard InChI is InChI=1S/C22H22N2O3/c1-2-27-21(25)12-16-5-6-17-9-10-20(13-19(17)11-16)24-22(26)18-7-3-15(14-23)4-8-18/h3-4,7-10,13,16H,2,5-6,11-12H2,1H3,(H,24,26). The average molecular weight is 362 g/mol. The Morgan fingerprint density at radius 3 is 2.67 bits per heavy atom. The second-order valence-corrected chi connectivity index (χ2v) is 6.74. The van der Waals surface area contributed by atoms with Gasteiger partial charge < -0.3 is 10.1 Å². The Balaban J connectivity index is 1.67. The van der Waals surface area contributed by atoms with Crippen molar-refractivity contribution in [3.8, 4) is 6.07 Å². The fourth-order valence-corrected chi connectivity index (χ4v) is 3.44. The Bertz CT molecular complexity index is 881. The lowest BCUT2D eigenvalue weighted by Crippen LogP contribution is -2.19. The summed E-state index contributed by atoms with van der Waals surface area (Å²) in [6.45, 7) is 2.23. The molecule has 0 bridgehead atoms. The summed E-state index contributed by atoms with van der Waals surface area (Å²) < 4.78 is 5.06. The molecule has 5 heteroatoms. The minimum atomic E-state index is -0.210. The summed E-state index contributed by atoms with van der Waals surface area (Å²) in [4.78, 5) is 24.1. The quantitative estimate of drug-likeness (QED) is 0.819.